The van der Waals surface area contributed by atoms with E-state index in [1.54, 1.807) is 25.0 Å². The van der Waals surface area contributed by atoms with Gasteiger partial charge in [0.1, 0.15) is 11.3 Å². The first-order valence-electron chi connectivity index (χ1n) is 10.3. The van der Waals surface area contributed by atoms with Crippen molar-refractivity contribution in [2.45, 2.75) is 6.54 Å². The summed E-state index contributed by atoms with van der Waals surface area (Å²) in [7, 11) is 4.79. The molecule has 33 heavy (non-hydrogen) atoms. The fourth-order valence-corrected chi connectivity index (χ4v) is 3.84. The van der Waals surface area contributed by atoms with Crippen molar-refractivity contribution in [3.8, 4) is 5.75 Å². The van der Waals surface area contributed by atoms with E-state index >= 15 is 0 Å². The van der Waals surface area contributed by atoms with Crippen molar-refractivity contribution < 1.29 is 14.3 Å². The number of fused-ring (bicyclic) bond motifs is 2. The predicted molar refractivity (Wildman–Crippen MR) is 125 cm³/mol. The molecule has 5 rings (SSSR count). The largest absolute Gasteiger partial charge is 0.497 e. The second-order valence-corrected chi connectivity index (χ2v) is 7.55. The number of hydrogen-bond acceptors (Lipinski definition) is 7. The molecule has 0 spiro atoms. The number of pyridine rings is 1. The molecule has 0 aliphatic rings. The maximum Gasteiger partial charge on any atom is 0.359 e. The van der Waals surface area contributed by atoms with E-state index in [0.29, 0.717) is 12.4 Å². The Morgan fingerprint density at radius 1 is 1.03 bits per heavy atom. The van der Waals surface area contributed by atoms with Gasteiger partial charge in [0.15, 0.2) is 11.5 Å². The van der Waals surface area contributed by atoms with Crippen LogP contribution in [-0.4, -0.2) is 44.7 Å². The minimum absolute atomic E-state index is 0.289. The van der Waals surface area contributed by atoms with Gasteiger partial charge in [0, 0.05) is 24.3 Å². The standard InChI is InChI=1S/C24H22N6O3/c1-29-20-13-16(8-11-18(20)21(27-29)24(31)33-3)26-23-22-19(5-4-12-25-22)30(28-23)14-15-6-9-17(32-2)10-7-15/h4-13H,14H2,1-3H3,(H,26,28). The van der Waals surface area contributed by atoms with Crippen LogP contribution in [0.4, 0.5) is 11.5 Å². The van der Waals surface area contributed by atoms with Gasteiger partial charge in [-0.25, -0.2) is 4.79 Å². The second kappa shape index (κ2) is 8.27. The third kappa shape index (κ3) is 3.73. The molecular formula is C24H22N6O3. The van der Waals surface area contributed by atoms with E-state index in [0.717, 1.165) is 38.9 Å². The monoisotopic (exact) mass is 442 g/mol. The number of hydrogen-bond donors (Lipinski definition) is 1. The molecule has 3 heterocycles. The first-order valence-corrected chi connectivity index (χ1v) is 10.3. The van der Waals surface area contributed by atoms with Crippen LogP contribution in [-0.2, 0) is 18.3 Å². The third-order valence-electron chi connectivity index (χ3n) is 5.49. The summed E-state index contributed by atoms with van der Waals surface area (Å²) < 4.78 is 13.7. The van der Waals surface area contributed by atoms with Crippen molar-refractivity contribution >= 4 is 39.4 Å². The minimum atomic E-state index is -0.464. The summed E-state index contributed by atoms with van der Waals surface area (Å²) in [4.78, 5) is 16.6. The predicted octanol–water partition coefficient (Wildman–Crippen LogP) is 3.91. The number of rotatable bonds is 6. The van der Waals surface area contributed by atoms with Crippen LogP contribution in [0.5, 0.6) is 5.75 Å². The molecule has 0 atom stereocenters. The number of carbonyl (C=O) groups is 1. The van der Waals surface area contributed by atoms with Gasteiger partial charge in [0.2, 0.25) is 0 Å². The number of nitrogens with zero attached hydrogens (tertiary/aromatic N) is 5. The number of esters is 1. The van der Waals surface area contributed by atoms with Crippen molar-refractivity contribution in [2.75, 3.05) is 19.5 Å². The number of aromatic nitrogens is 5. The molecule has 0 bridgehead atoms. The van der Waals surface area contributed by atoms with E-state index < -0.39 is 5.97 Å². The third-order valence-corrected chi connectivity index (χ3v) is 5.49. The second-order valence-electron chi connectivity index (χ2n) is 7.55. The normalized spacial score (nSPS) is 11.1. The van der Waals surface area contributed by atoms with E-state index in [1.807, 2.05) is 59.3 Å². The van der Waals surface area contributed by atoms with Crippen molar-refractivity contribution in [3.63, 3.8) is 0 Å². The average Bonchev–Trinajstić information content (AvgIpc) is 3.36. The van der Waals surface area contributed by atoms with E-state index in [4.69, 9.17) is 14.6 Å². The Morgan fingerprint density at radius 3 is 2.61 bits per heavy atom. The lowest BCUT2D eigenvalue weighted by molar-refractivity contribution is 0.0595. The zero-order valence-corrected chi connectivity index (χ0v) is 18.4. The maximum absolute atomic E-state index is 12.0. The Balaban J connectivity index is 1.49. The highest BCUT2D eigenvalue weighted by Crippen LogP contribution is 2.28. The molecule has 0 fully saturated rings. The molecule has 0 radical (unpaired) electrons. The van der Waals surface area contributed by atoms with Gasteiger partial charge in [-0.3, -0.25) is 14.3 Å². The minimum Gasteiger partial charge on any atom is -0.497 e. The summed E-state index contributed by atoms with van der Waals surface area (Å²) in [5.74, 6) is 0.997. The van der Waals surface area contributed by atoms with Gasteiger partial charge >= 0.3 is 5.97 Å². The molecule has 2 aromatic carbocycles. The van der Waals surface area contributed by atoms with Crippen LogP contribution in [0.3, 0.4) is 0 Å². The van der Waals surface area contributed by atoms with Crippen LogP contribution in [0.15, 0.2) is 60.8 Å². The number of ether oxygens (including phenoxy) is 2. The van der Waals surface area contributed by atoms with E-state index in [9.17, 15) is 4.79 Å². The molecule has 0 saturated heterocycles. The number of methoxy groups -OCH3 is 2. The number of aryl methyl sites for hydroxylation is 1. The van der Waals surface area contributed by atoms with Crippen molar-refractivity contribution in [2.24, 2.45) is 7.05 Å². The fraction of sp³-hybridized carbons (Fsp3) is 0.167. The Hall–Kier alpha value is -4.40. The van der Waals surface area contributed by atoms with Gasteiger partial charge in [-0.05, 0) is 48.0 Å². The van der Waals surface area contributed by atoms with Crippen molar-refractivity contribution in [1.82, 2.24) is 24.5 Å². The van der Waals surface area contributed by atoms with Crippen LogP contribution < -0.4 is 10.1 Å². The van der Waals surface area contributed by atoms with Gasteiger partial charge in [0.25, 0.3) is 0 Å². The highest BCUT2D eigenvalue weighted by Gasteiger charge is 2.18. The van der Waals surface area contributed by atoms with Gasteiger partial charge in [-0.1, -0.05) is 12.1 Å². The smallest absolute Gasteiger partial charge is 0.359 e. The van der Waals surface area contributed by atoms with Crippen LogP contribution in [0.1, 0.15) is 16.1 Å². The highest BCUT2D eigenvalue weighted by atomic mass is 16.5. The summed E-state index contributed by atoms with van der Waals surface area (Å²) in [6, 6.07) is 17.5. The lowest BCUT2D eigenvalue weighted by Crippen LogP contribution is -2.03. The number of nitrogens with one attached hydrogen (secondary N) is 1. The Kier molecular flexibility index (Phi) is 5.14. The lowest BCUT2D eigenvalue weighted by atomic mass is 10.2. The molecule has 0 saturated carbocycles. The van der Waals surface area contributed by atoms with Gasteiger partial charge in [-0.2, -0.15) is 10.2 Å². The molecule has 0 unspecified atom stereocenters. The van der Waals surface area contributed by atoms with Gasteiger partial charge in [0.05, 0.1) is 31.8 Å². The van der Waals surface area contributed by atoms with Crippen LogP contribution >= 0.6 is 0 Å². The quantitative estimate of drug-likeness (QED) is 0.398. The van der Waals surface area contributed by atoms with E-state index in [-0.39, 0.29) is 5.69 Å². The number of benzene rings is 2. The Morgan fingerprint density at radius 2 is 1.85 bits per heavy atom. The first kappa shape index (κ1) is 20.5. The van der Waals surface area contributed by atoms with Crippen molar-refractivity contribution in [1.29, 1.82) is 0 Å². The molecule has 3 aromatic heterocycles. The summed E-state index contributed by atoms with van der Waals surface area (Å²) in [5.41, 5.74) is 4.69. The summed E-state index contributed by atoms with van der Waals surface area (Å²) in [6.07, 6.45) is 1.75. The molecule has 1 N–H and O–H groups in total. The van der Waals surface area contributed by atoms with Crippen LogP contribution in [0.2, 0.25) is 0 Å². The molecule has 0 amide bonds. The average molecular weight is 442 g/mol. The van der Waals surface area contributed by atoms with Gasteiger partial charge < -0.3 is 14.8 Å². The molecule has 9 heteroatoms. The number of anilines is 2. The topological polar surface area (TPSA) is 96.1 Å². The molecule has 166 valence electrons. The lowest BCUT2D eigenvalue weighted by Gasteiger charge is -2.06. The molecule has 5 aromatic rings. The maximum atomic E-state index is 12.0. The molecule has 9 nitrogen and oxygen atoms in total. The van der Waals surface area contributed by atoms with Crippen molar-refractivity contribution in [3.05, 3.63) is 72.1 Å². The Bertz CT molecular complexity index is 1470. The van der Waals surface area contributed by atoms with Crippen LogP contribution in [0, 0.1) is 0 Å². The fourth-order valence-electron chi connectivity index (χ4n) is 3.84. The van der Waals surface area contributed by atoms with E-state index in [2.05, 4.69) is 15.4 Å². The van der Waals surface area contributed by atoms with E-state index in [1.165, 1.54) is 7.11 Å². The molecular weight excluding hydrogens is 420 g/mol. The highest BCUT2D eigenvalue weighted by molar-refractivity contribution is 6.03. The summed E-state index contributed by atoms with van der Waals surface area (Å²) in [5, 5.41) is 13.2. The summed E-state index contributed by atoms with van der Waals surface area (Å²) in [6.45, 7) is 0.594. The zero-order chi connectivity index (χ0) is 22.9. The zero-order valence-electron chi connectivity index (χ0n) is 18.4. The SMILES string of the molecule is COC(=O)c1nn(C)c2cc(Nc3nn(Cc4ccc(OC)cc4)c4cccnc34)ccc12. The number of carbonyl (C=O) groups excluding carboxylic acids is 1. The summed E-state index contributed by atoms with van der Waals surface area (Å²) >= 11 is 0. The molecule has 0 aliphatic heterocycles. The molecule has 0 aliphatic carbocycles. The van der Waals surface area contributed by atoms with Gasteiger partial charge in [-0.15, -0.1) is 0 Å². The Labute approximate surface area is 189 Å². The first-order chi connectivity index (χ1) is 16.1. The van der Waals surface area contributed by atoms with Crippen LogP contribution in [0.25, 0.3) is 21.9 Å².